The van der Waals surface area contributed by atoms with Crippen LogP contribution in [0.3, 0.4) is 0 Å². The van der Waals surface area contributed by atoms with E-state index >= 15 is 0 Å². The normalized spacial score (nSPS) is 11.1. The van der Waals surface area contributed by atoms with Gasteiger partial charge in [-0.25, -0.2) is 0 Å². The maximum absolute atomic E-state index is 5.75. The van der Waals surface area contributed by atoms with E-state index in [1.165, 1.54) is 4.88 Å². The molecule has 0 atom stereocenters. The van der Waals surface area contributed by atoms with Gasteiger partial charge >= 0.3 is 0 Å². The van der Waals surface area contributed by atoms with E-state index in [2.05, 4.69) is 28.1 Å². The molecule has 0 fully saturated rings. The van der Waals surface area contributed by atoms with E-state index < -0.39 is 0 Å². The van der Waals surface area contributed by atoms with Crippen LogP contribution < -0.4 is 0 Å². The molecule has 60 valence electrons. The van der Waals surface area contributed by atoms with Crippen molar-refractivity contribution in [2.24, 2.45) is 0 Å². The predicted molar refractivity (Wildman–Crippen MR) is 56.8 cm³/mol. The summed E-state index contributed by atoms with van der Waals surface area (Å²) in [6, 6.07) is 3.94. The molecule has 0 spiro atoms. The first-order valence-corrected chi connectivity index (χ1v) is 5.62. The monoisotopic (exact) mass is 250 g/mol. The fourth-order valence-electron chi connectivity index (χ4n) is 0.680. The lowest BCUT2D eigenvalue weighted by Gasteiger charge is -1.82. The number of rotatable bonds is 3. The molecule has 0 saturated carbocycles. The first-order chi connectivity index (χ1) is 5.33. The third kappa shape index (κ3) is 3.41. The summed E-state index contributed by atoms with van der Waals surface area (Å²) < 4.78 is 0.850. The first-order valence-electron chi connectivity index (χ1n) is 3.31. The Balaban J connectivity index is 2.50. The Morgan fingerprint density at radius 1 is 1.55 bits per heavy atom. The number of halogens is 2. The molecule has 0 unspecified atom stereocenters. The van der Waals surface area contributed by atoms with Crippen LogP contribution in [0.5, 0.6) is 0 Å². The first kappa shape index (κ1) is 9.30. The number of hydrogen-bond acceptors (Lipinski definition) is 1. The molecule has 0 nitrogen and oxygen atoms in total. The van der Waals surface area contributed by atoms with Gasteiger partial charge in [0.25, 0.3) is 0 Å². The highest BCUT2D eigenvalue weighted by atomic mass is 79.9. The zero-order valence-electron chi connectivity index (χ0n) is 5.89. The zero-order valence-corrected chi connectivity index (χ0v) is 9.05. The van der Waals surface area contributed by atoms with Gasteiger partial charge in [0.1, 0.15) is 0 Å². The van der Waals surface area contributed by atoms with Crippen molar-refractivity contribution < 1.29 is 0 Å². The van der Waals surface area contributed by atoms with Gasteiger partial charge in [-0.1, -0.05) is 33.6 Å². The second-order valence-electron chi connectivity index (χ2n) is 2.02. The Kier molecular flexibility index (Phi) is 4.20. The lowest BCUT2D eigenvalue weighted by Crippen LogP contribution is -1.64. The Morgan fingerprint density at radius 2 is 2.36 bits per heavy atom. The van der Waals surface area contributed by atoms with Crippen molar-refractivity contribution >= 4 is 44.9 Å². The Bertz CT molecular complexity index is 242. The highest BCUT2D eigenvalue weighted by Gasteiger charge is 1.91. The van der Waals surface area contributed by atoms with Crippen LogP contribution in [0.4, 0.5) is 0 Å². The Labute approximate surface area is 84.0 Å². The summed E-state index contributed by atoms with van der Waals surface area (Å²) in [6.07, 6.45) is 5.30. The third-order valence-corrected chi connectivity index (χ3v) is 2.81. The minimum atomic E-state index is 0.850. The fraction of sp³-hybridized carbons (Fsp3) is 0.250. The van der Waals surface area contributed by atoms with Gasteiger partial charge in [-0.2, -0.15) is 0 Å². The molecule has 1 rings (SSSR count). The molecular weight excluding hydrogens is 244 g/mol. The fourth-order valence-corrected chi connectivity index (χ4v) is 1.94. The number of allylic oxidation sites excluding steroid dienone is 1. The molecule has 0 aromatic carbocycles. The van der Waals surface area contributed by atoms with E-state index in [0.29, 0.717) is 0 Å². The molecule has 0 radical (unpaired) electrons. The standard InChI is InChI=1S/C8H8BrClS/c9-6-2-1-3-7-4-5-8(10)11-7/h1,3-5H,2,6H2/b3-1+. The maximum atomic E-state index is 5.75. The lowest BCUT2D eigenvalue weighted by atomic mass is 10.4. The van der Waals surface area contributed by atoms with E-state index in [1.807, 2.05) is 12.1 Å². The Hall–Kier alpha value is 0.210. The molecule has 1 heterocycles. The molecule has 11 heavy (non-hydrogen) atoms. The van der Waals surface area contributed by atoms with Gasteiger partial charge in [-0.05, 0) is 24.6 Å². The van der Waals surface area contributed by atoms with Gasteiger partial charge < -0.3 is 0 Å². The lowest BCUT2D eigenvalue weighted by molar-refractivity contribution is 1.27. The van der Waals surface area contributed by atoms with Crippen LogP contribution in [0.15, 0.2) is 18.2 Å². The zero-order chi connectivity index (χ0) is 8.10. The number of hydrogen-bond donors (Lipinski definition) is 0. The average Bonchev–Trinajstić information content (AvgIpc) is 2.37. The highest BCUT2D eigenvalue weighted by molar-refractivity contribution is 9.09. The topological polar surface area (TPSA) is 0 Å². The molecule has 0 aliphatic heterocycles. The number of thiophene rings is 1. The van der Waals surface area contributed by atoms with Crippen molar-refractivity contribution in [3.63, 3.8) is 0 Å². The van der Waals surface area contributed by atoms with Crippen LogP contribution in [0.1, 0.15) is 11.3 Å². The second-order valence-corrected chi connectivity index (χ2v) is 4.56. The molecule has 0 aliphatic rings. The van der Waals surface area contributed by atoms with Crippen molar-refractivity contribution in [3.8, 4) is 0 Å². The van der Waals surface area contributed by atoms with Gasteiger partial charge in [-0.3, -0.25) is 0 Å². The van der Waals surface area contributed by atoms with Crippen LogP contribution in [0, 0.1) is 0 Å². The van der Waals surface area contributed by atoms with Gasteiger partial charge in [0, 0.05) is 10.2 Å². The minimum absolute atomic E-state index is 0.850. The SMILES string of the molecule is Clc1ccc(/C=C/CCBr)s1. The van der Waals surface area contributed by atoms with Crippen LogP contribution in [0.25, 0.3) is 6.08 Å². The van der Waals surface area contributed by atoms with E-state index in [0.717, 1.165) is 16.1 Å². The van der Waals surface area contributed by atoms with Crippen molar-refractivity contribution in [1.29, 1.82) is 0 Å². The van der Waals surface area contributed by atoms with E-state index in [-0.39, 0.29) is 0 Å². The average molecular weight is 252 g/mol. The molecule has 0 bridgehead atoms. The summed E-state index contributed by atoms with van der Waals surface area (Å²) in [6.45, 7) is 0. The molecule has 0 saturated heterocycles. The molecule has 1 aromatic rings. The van der Waals surface area contributed by atoms with Gasteiger partial charge in [0.2, 0.25) is 0 Å². The van der Waals surface area contributed by atoms with Crippen molar-refractivity contribution in [2.75, 3.05) is 5.33 Å². The summed E-state index contributed by atoms with van der Waals surface area (Å²) in [4.78, 5) is 1.22. The van der Waals surface area contributed by atoms with E-state index in [4.69, 9.17) is 11.6 Å². The summed E-state index contributed by atoms with van der Waals surface area (Å²) in [5, 5.41) is 1.02. The molecule has 1 aromatic heterocycles. The van der Waals surface area contributed by atoms with Gasteiger partial charge in [0.15, 0.2) is 0 Å². The summed E-state index contributed by atoms with van der Waals surface area (Å²) in [5.41, 5.74) is 0. The quantitative estimate of drug-likeness (QED) is 0.706. The van der Waals surface area contributed by atoms with Crippen molar-refractivity contribution in [1.82, 2.24) is 0 Å². The largest absolute Gasteiger partial charge is 0.124 e. The maximum Gasteiger partial charge on any atom is 0.0934 e. The minimum Gasteiger partial charge on any atom is -0.124 e. The molecule has 0 aliphatic carbocycles. The second kappa shape index (κ2) is 4.96. The summed E-state index contributed by atoms with van der Waals surface area (Å²) in [5.74, 6) is 0. The third-order valence-electron chi connectivity index (χ3n) is 1.15. The van der Waals surface area contributed by atoms with Crippen LogP contribution in [0.2, 0.25) is 4.34 Å². The summed E-state index contributed by atoms with van der Waals surface area (Å²) in [7, 11) is 0. The van der Waals surface area contributed by atoms with Crippen molar-refractivity contribution in [2.45, 2.75) is 6.42 Å². The van der Waals surface area contributed by atoms with Crippen LogP contribution in [-0.4, -0.2) is 5.33 Å². The van der Waals surface area contributed by atoms with Gasteiger partial charge in [-0.15, -0.1) is 11.3 Å². The summed E-state index contributed by atoms with van der Waals surface area (Å²) >= 11 is 10.7. The van der Waals surface area contributed by atoms with E-state index in [9.17, 15) is 0 Å². The van der Waals surface area contributed by atoms with Crippen LogP contribution in [-0.2, 0) is 0 Å². The molecule has 0 N–H and O–H groups in total. The number of alkyl halides is 1. The molecule has 3 heteroatoms. The predicted octanol–water partition coefficient (Wildman–Crippen LogP) is 4.20. The van der Waals surface area contributed by atoms with Crippen LogP contribution >= 0.6 is 38.9 Å². The smallest absolute Gasteiger partial charge is 0.0934 e. The van der Waals surface area contributed by atoms with E-state index in [1.54, 1.807) is 11.3 Å². The molecule has 0 amide bonds. The Morgan fingerprint density at radius 3 is 2.91 bits per heavy atom. The van der Waals surface area contributed by atoms with Crippen molar-refractivity contribution in [3.05, 3.63) is 27.4 Å². The molecular formula is C8H8BrClS. The highest BCUT2D eigenvalue weighted by Crippen LogP contribution is 2.22. The van der Waals surface area contributed by atoms with Gasteiger partial charge in [0.05, 0.1) is 4.34 Å².